The summed E-state index contributed by atoms with van der Waals surface area (Å²) in [6, 6.07) is 13.4. The number of carbonyl (C=O) groups is 1. The van der Waals surface area contributed by atoms with Crippen LogP contribution in [-0.4, -0.2) is 45.7 Å². The Morgan fingerprint density at radius 1 is 1.22 bits per heavy atom. The van der Waals surface area contributed by atoms with Crippen molar-refractivity contribution in [2.45, 2.75) is 24.1 Å². The van der Waals surface area contributed by atoms with E-state index in [2.05, 4.69) is 15.5 Å². The molecule has 1 atom stereocenters. The number of nitrogens with zero attached hydrogens (tertiary/aromatic N) is 3. The summed E-state index contributed by atoms with van der Waals surface area (Å²) < 4.78 is 12.9. The summed E-state index contributed by atoms with van der Waals surface area (Å²) in [4.78, 5) is 12.2. The number of ether oxygens (including phenoxy) is 1. The summed E-state index contributed by atoms with van der Waals surface area (Å²) in [6.45, 7) is 1.34. The quantitative estimate of drug-likeness (QED) is 0.631. The molecule has 140 valence electrons. The molecule has 8 heteroatoms. The monoisotopic (exact) mass is 384 g/mol. The van der Waals surface area contributed by atoms with Gasteiger partial charge in [0.15, 0.2) is 10.9 Å². The van der Waals surface area contributed by atoms with Crippen LogP contribution in [0.15, 0.2) is 58.3 Å². The van der Waals surface area contributed by atoms with Crippen molar-refractivity contribution >= 4 is 17.7 Å². The number of hydrogen-bond acceptors (Lipinski definition) is 6. The van der Waals surface area contributed by atoms with Crippen LogP contribution in [0.3, 0.4) is 0 Å². The Balaban J connectivity index is 1.48. The lowest BCUT2D eigenvalue weighted by Crippen LogP contribution is -2.32. The van der Waals surface area contributed by atoms with E-state index in [0.29, 0.717) is 23.3 Å². The normalized spacial score (nSPS) is 16.5. The molecule has 7 nitrogen and oxygen atoms in total. The van der Waals surface area contributed by atoms with Crippen molar-refractivity contribution in [2.24, 2.45) is 0 Å². The largest absolute Gasteiger partial charge is 0.461 e. The van der Waals surface area contributed by atoms with E-state index in [4.69, 9.17) is 9.15 Å². The minimum Gasteiger partial charge on any atom is -0.461 e. The maximum atomic E-state index is 12.2. The number of furan rings is 1. The van der Waals surface area contributed by atoms with Gasteiger partial charge in [-0.2, -0.15) is 0 Å². The average Bonchev–Trinajstić information content (AvgIpc) is 3.46. The zero-order chi connectivity index (χ0) is 18.5. The molecule has 0 radical (unpaired) electrons. The first-order valence-corrected chi connectivity index (χ1v) is 9.85. The minimum absolute atomic E-state index is 0.0438. The maximum absolute atomic E-state index is 12.2. The molecule has 1 fully saturated rings. The smallest absolute Gasteiger partial charge is 0.230 e. The zero-order valence-corrected chi connectivity index (χ0v) is 15.5. The number of nitrogens with one attached hydrogen (secondary N) is 1. The van der Waals surface area contributed by atoms with Gasteiger partial charge in [0.05, 0.1) is 18.1 Å². The van der Waals surface area contributed by atoms with Gasteiger partial charge in [-0.25, -0.2) is 0 Å². The summed E-state index contributed by atoms with van der Waals surface area (Å²) in [5.74, 6) is 1.45. The number of hydrogen-bond donors (Lipinski definition) is 1. The lowest BCUT2D eigenvalue weighted by molar-refractivity contribution is -0.119. The van der Waals surface area contributed by atoms with E-state index in [0.717, 1.165) is 25.1 Å². The molecule has 3 heterocycles. The molecule has 3 aromatic rings. The lowest BCUT2D eigenvalue weighted by Gasteiger charge is -2.11. The Kier molecular flexibility index (Phi) is 5.55. The van der Waals surface area contributed by atoms with E-state index >= 15 is 0 Å². The summed E-state index contributed by atoms with van der Waals surface area (Å²) in [5.41, 5.74) is 0.913. The van der Waals surface area contributed by atoms with Gasteiger partial charge in [0.1, 0.15) is 0 Å². The first kappa shape index (κ1) is 17.8. The number of para-hydroxylation sites is 1. The molecular formula is C19H20N4O3S. The van der Waals surface area contributed by atoms with E-state index in [9.17, 15) is 4.79 Å². The standard InChI is InChI=1S/C19H20N4O3S/c24-17(20-12-15-8-4-10-25-15)13-27-19-22-21-18(16-9-5-11-26-16)23(19)14-6-2-1-3-7-14/h1-3,5-7,9,11,15H,4,8,10,12-13H2,(H,20,24)/t15-/m0/s1. The average molecular weight is 384 g/mol. The molecule has 0 saturated carbocycles. The molecule has 0 aliphatic carbocycles. The molecule has 0 spiro atoms. The van der Waals surface area contributed by atoms with Crippen molar-refractivity contribution in [2.75, 3.05) is 18.9 Å². The molecule has 1 aliphatic heterocycles. The van der Waals surface area contributed by atoms with Crippen molar-refractivity contribution in [3.8, 4) is 17.3 Å². The Hall–Kier alpha value is -2.58. The first-order valence-electron chi connectivity index (χ1n) is 8.87. The molecule has 27 heavy (non-hydrogen) atoms. The molecule has 1 N–H and O–H groups in total. The van der Waals surface area contributed by atoms with Gasteiger partial charge in [-0.15, -0.1) is 10.2 Å². The highest BCUT2D eigenvalue weighted by atomic mass is 32.2. The number of thioether (sulfide) groups is 1. The summed E-state index contributed by atoms with van der Waals surface area (Å²) in [5, 5.41) is 12.1. The predicted molar refractivity (Wildman–Crippen MR) is 102 cm³/mol. The highest BCUT2D eigenvalue weighted by Crippen LogP contribution is 2.28. The molecule has 1 aromatic carbocycles. The summed E-state index contributed by atoms with van der Waals surface area (Å²) in [7, 11) is 0. The first-order chi connectivity index (χ1) is 13.3. The van der Waals surface area contributed by atoms with E-state index in [-0.39, 0.29) is 17.8 Å². The lowest BCUT2D eigenvalue weighted by atomic mass is 10.2. The number of carbonyl (C=O) groups excluding carboxylic acids is 1. The van der Waals surface area contributed by atoms with Gasteiger partial charge in [0.25, 0.3) is 0 Å². The fourth-order valence-corrected chi connectivity index (χ4v) is 3.73. The Morgan fingerprint density at radius 3 is 2.85 bits per heavy atom. The van der Waals surface area contributed by atoms with Crippen molar-refractivity contribution in [1.29, 1.82) is 0 Å². The number of benzene rings is 1. The van der Waals surface area contributed by atoms with Crippen molar-refractivity contribution < 1.29 is 13.9 Å². The van der Waals surface area contributed by atoms with E-state index in [1.807, 2.05) is 47.0 Å². The summed E-state index contributed by atoms with van der Waals surface area (Å²) in [6.07, 6.45) is 3.80. The molecule has 0 bridgehead atoms. The van der Waals surface area contributed by atoms with Crippen LogP contribution in [0.4, 0.5) is 0 Å². The topological polar surface area (TPSA) is 82.2 Å². The van der Waals surface area contributed by atoms with Crippen molar-refractivity contribution in [3.63, 3.8) is 0 Å². The fourth-order valence-electron chi connectivity index (χ4n) is 2.95. The number of amides is 1. The van der Waals surface area contributed by atoms with Crippen LogP contribution in [0, 0.1) is 0 Å². The third-order valence-corrected chi connectivity index (χ3v) is 5.20. The van der Waals surface area contributed by atoms with Crippen LogP contribution in [0.1, 0.15) is 12.8 Å². The molecule has 0 unspecified atom stereocenters. The molecular weight excluding hydrogens is 364 g/mol. The van der Waals surface area contributed by atoms with E-state index in [1.54, 1.807) is 6.26 Å². The van der Waals surface area contributed by atoms with Crippen LogP contribution in [0.5, 0.6) is 0 Å². The van der Waals surface area contributed by atoms with Crippen LogP contribution >= 0.6 is 11.8 Å². The summed E-state index contributed by atoms with van der Waals surface area (Å²) >= 11 is 1.35. The van der Waals surface area contributed by atoms with Gasteiger partial charge >= 0.3 is 0 Å². The second-order valence-corrected chi connectivity index (χ2v) is 7.12. The fraction of sp³-hybridized carbons (Fsp3) is 0.316. The number of aromatic nitrogens is 3. The van der Waals surface area contributed by atoms with Crippen LogP contribution in [0.2, 0.25) is 0 Å². The second kappa shape index (κ2) is 8.41. The third-order valence-electron chi connectivity index (χ3n) is 4.27. The zero-order valence-electron chi connectivity index (χ0n) is 14.7. The van der Waals surface area contributed by atoms with E-state index < -0.39 is 0 Å². The minimum atomic E-state index is -0.0438. The van der Waals surface area contributed by atoms with E-state index in [1.165, 1.54) is 11.8 Å². The van der Waals surface area contributed by atoms with Gasteiger partial charge in [-0.1, -0.05) is 30.0 Å². The second-order valence-electron chi connectivity index (χ2n) is 6.18. The van der Waals surface area contributed by atoms with Crippen LogP contribution in [-0.2, 0) is 9.53 Å². The van der Waals surface area contributed by atoms with Gasteiger partial charge < -0.3 is 14.5 Å². The molecule has 1 aliphatic rings. The highest BCUT2D eigenvalue weighted by molar-refractivity contribution is 7.99. The van der Waals surface area contributed by atoms with Gasteiger partial charge in [0.2, 0.25) is 11.7 Å². The Bertz CT molecular complexity index is 874. The predicted octanol–water partition coefficient (Wildman–Crippen LogP) is 2.91. The number of rotatable bonds is 7. The molecule has 4 rings (SSSR count). The third kappa shape index (κ3) is 4.23. The highest BCUT2D eigenvalue weighted by Gasteiger charge is 2.20. The Morgan fingerprint density at radius 2 is 2.11 bits per heavy atom. The molecule has 1 amide bonds. The van der Waals surface area contributed by atoms with Gasteiger partial charge in [-0.3, -0.25) is 9.36 Å². The van der Waals surface area contributed by atoms with Crippen molar-refractivity contribution in [1.82, 2.24) is 20.1 Å². The maximum Gasteiger partial charge on any atom is 0.230 e. The van der Waals surface area contributed by atoms with Crippen LogP contribution < -0.4 is 5.32 Å². The molecule has 1 saturated heterocycles. The SMILES string of the molecule is O=C(CSc1nnc(-c2ccco2)n1-c1ccccc1)NC[C@@H]1CCCO1. The van der Waals surface area contributed by atoms with Gasteiger partial charge in [-0.05, 0) is 37.1 Å². The van der Waals surface area contributed by atoms with Gasteiger partial charge in [0, 0.05) is 18.8 Å². The van der Waals surface area contributed by atoms with Crippen LogP contribution in [0.25, 0.3) is 17.3 Å². The Labute approximate surface area is 161 Å². The van der Waals surface area contributed by atoms with Crippen molar-refractivity contribution in [3.05, 3.63) is 48.7 Å². The molecule has 2 aromatic heterocycles.